The van der Waals surface area contributed by atoms with Gasteiger partial charge in [0.05, 0.1) is 6.20 Å². The summed E-state index contributed by atoms with van der Waals surface area (Å²) in [6.07, 6.45) is 3.99. The lowest BCUT2D eigenvalue weighted by Crippen LogP contribution is -2.46. The first-order valence-corrected chi connectivity index (χ1v) is 6.80. The van der Waals surface area contributed by atoms with E-state index in [-0.39, 0.29) is 12.6 Å². The molecule has 114 valence electrons. The fourth-order valence-corrected chi connectivity index (χ4v) is 2.16. The Labute approximate surface area is 123 Å². The van der Waals surface area contributed by atoms with Crippen molar-refractivity contribution in [1.29, 1.82) is 0 Å². The highest BCUT2D eigenvalue weighted by Crippen LogP contribution is 2.23. The Kier molecular flexibility index (Phi) is 4.27. The predicted octanol–water partition coefficient (Wildman–Crippen LogP) is 2.18. The van der Waals surface area contributed by atoms with Crippen molar-refractivity contribution in [3.63, 3.8) is 0 Å². The minimum Gasteiger partial charge on any atom is -0.444 e. The van der Waals surface area contributed by atoms with E-state index >= 15 is 0 Å². The fraction of sp³-hybridized carbons (Fsp3) is 0.467. The van der Waals surface area contributed by atoms with Crippen molar-refractivity contribution in [1.82, 2.24) is 9.88 Å². The van der Waals surface area contributed by atoms with E-state index in [1.165, 1.54) is 11.1 Å². The van der Waals surface area contributed by atoms with Gasteiger partial charge in [-0.2, -0.15) is 0 Å². The molecule has 0 radical (unpaired) electrons. The number of nitrogens with two attached hydrogens (primary N) is 1. The van der Waals surface area contributed by atoms with Gasteiger partial charge in [-0.3, -0.25) is 4.98 Å². The van der Waals surface area contributed by atoms with E-state index in [4.69, 9.17) is 10.5 Å². The third-order valence-corrected chi connectivity index (χ3v) is 2.98. The van der Waals surface area contributed by atoms with E-state index in [1.807, 2.05) is 0 Å². The minimum absolute atomic E-state index is 0.267. The van der Waals surface area contributed by atoms with Gasteiger partial charge in [-0.05, 0) is 32.4 Å². The van der Waals surface area contributed by atoms with Crippen LogP contribution in [0, 0.1) is 5.82 Å². The van der Waals surface area contributed by atoms with Gasteiger partial charge >= 0.3 is 6.09 Å². The monoisotopic (exact) mass is 293 g/mol. The standard InChI is InChI=1S/C15H20FN3O2/c1-15(2,3)21-14(20)19-8-10(6-11(17)9-19)12-4-5-18-7-13(12)16/h4-7,11H,8-9,17H2,1-3H3. The number of halogens is 1. The van der Waals surface area contributed by atoms with Crippen LogP contribution in [0.5, 0.6) is 0 Å². The number of hydrogen-bond acceptors (Lipinski definition) is 4. The van der Waals surface area contributed by atoms with Crippen LogP contribution in [-0.4, -0.2) is 40.7 Å². The number of aromatic nitrogens is 1. The van der Waals surface area contributed by atoms with Gasteiger partial charge in [0.15, 0.2) is 0 Å². The molecule has 2 heterocycles. The summed E-state index contributed by atoms with van der Waals surface area (Å²) >= 11 is 0. The van der Waals surface area contributed by atoms with Gasteiger partial charge < -0.3 is 15.4 Å². The molecule has 1 aromatic heterocycles. The van der Waals surface area contributed by atoms with Crippen molar-refractivity contribution in [2.75, 3.05) is 13.1 Å². The van der Waals surface area contributed by atoms with Crippen LogP contribution < -0.4 is 5.73 Å². The molecule has 0 bridgehead atoms. The minimum atomic E-state index is -0.579. The molecule has 1 amide bonds. The second kappa shape index (κ2) is 5.81. The number of amides is 1. The summed E-state index contributed by atoms with van der Waals surface area (Å²) < 4.78 is 19.2. The maximum absolute atomic E-state index is 13.8. The number of pyridine rings is 1. The van der Waals surface area contributed by atoms with Crippen molar-refractivity contribution < 1.29 is 13.9 Å². The predicted molar refractivity (Wildman–Crippen MR) is 78.0 cm³/mol. The Morgan fingerprint density at radius 1 is 1.52 bits per heavy atom. The third kappa shape index (κ3) is 4.01. The molecule has 1 unspecified atom stereocenters. The van der Waals surface area contributed by atoms with Crippen LogP contribution in [0.4, 0.5) is 9.18 Å². The second-order valence-corrected chi connectivity index (χ2v) is 6.07. The van der Waals surface area contributed by atoms with Gasteiger partial charge in [0.25, 0.3) is 0 Å². The van der Waals surface area contributed by atoms with E-state index in [1.54, 1.807) is 32.9 Å². The largest absolute Gasteiger partial charge is 0.444 e. The molecular formula is C15H20FN3O2. The zero-order valence-electron chi connectivity index (χ0n) is 12.5. The fourth-order valence-electron chi connectivity index (χ4n) is 2.16. The van der Waals surface area contributed by atoms with E-state index in [9.17, 15) is 9.18 Å². The van der Waals surface area contributed by atoms with Crippen LogP contribution >= 0.6 is 0 Å². The highest BCUT2D eigenvalue weighted by molar-refractivity contribution is 5.76. The van der Waals surface area contributed by atoms with Crippen molar-refractivity contribution in [3.8, 4) is 0 Å². The highest BCUT2D eigenvalue weighted by atomic mass is 19.1. The second-order valence-electron chi connectivity index (χ2n) is 6.07. The molecule has 1 aliphatic heterocycles. The van der Waals surface area contributed by atoms with E-state index in [0.29, 0.717) is 17.7 Å². The quantitative estimate of drug-likeness (QED) is 0.861. The first-order valence-electron chi connectivity index (χ1n) is 6.80. The highest BCUT2D eigenvalue weighted by Gasteiger charge is 2.27. The molecule has 0 fully saturated rings. The first-order chi connectivity index (χ1) is 9.76. The van der Waals surface area contributed by atoms with Crippen molar-refractivity contribution in [2.45, 2.75) is 32.4 Å². The zero-order chi connectivity index (χ0) is 15.6. The summed E-state index contributed by atoms with van der Waals surface area (Å²) in [4.78, 5) is 17.3. The Hall–Kier alpha value is -1.95. The summed E-state index contributed by atoms with van der Waals surface area (Å²) in [5.41, 5.74) is 6.44. The maximum atomic E-state index is 13.8. The van der Waals surface area contributed by atoms with Crippen molar-refractivity contribution >= 4 is 11.7 Å². The normalized spacial score (nSPS) is 19.2. The summed E-state index contributed by atoms with van der Waals surface area (Å²) in [6.45, 7) is 6.02. The molecule has 2 N–H and O–H groups in total. The van der Waals surface area contributed by atoms with E-state index in [2.05, 4.69) is 4.98 Å². The van der Waals surface area contributed by atoms with Gasteiger partial charge in [0.1, 0.15) is 11.4 Å². The smallest absolute Gasteiger partial charge is 0.410 e. The zero-order valence-corrected chi connectivity index (χ0v) is 12.5. The van der Waals surface area contributed by atoms with Gasteiger partial charge in [-0.15, -0.1) is 0 Å². The SMILES string of the molecule is CC(C)(C)OC(=O)N1CC(c2ccncc2F)=CC(N)C1. The average molecular weight is 293 g/mol. The number of ether oxygens (including phenoxy) is 1. The molecule has 5 nitrogen and oxygen atoms in total. The Bertz CT molecular complexity index is 566. The lowest BCUT2D eigenvalue weighted by molar-refractivity contribution is 0.0265. The molecule has 0 aliphatic carbocycles. The van der Waals surface area contributed by atoms with Gasteiger partial charge in [-0.1, -0.05) is 6.08 Å². The summed E-state index contributed by atoms with van der Waals surface area (Å²) in [7, 11) is 0. The third-order valence-electron chi connectivity index (χ3n) is 2.98. The molecule has 0 aromatic carbocycles. The van der Waals surface area contributed by atoms with Crippen LogP contribution in [0.2, 0.25) is 0 Å². The maximum Gasteiger partial charge on any atom is 0.410 e. The summed E-state index contributed by atoms with van der Waals surface area (Å²) in [5, 5.41) is 0. The summed E-state index contributed by atoms with van der Waals surface area (Å²) in [5.74, 6) is -0.429. The number of hydrogen-bond donors (Lipinski definition) is 1. The van der Waals surface area contributed by atoms with Crippen LogP contribution in [-0.2, 0) is 4.74 Å². The number of carbonyl (C=O) groups is 1. The molecule has 0 spiro atoms. The topological polar surface area (TPSA) is 68.5 Å². The van der Waals surface area contributed by atoms with Crippen LogP contribution in [0.15, 0.2) is 24.5 Å². The Morgan fingerprint density at radius 3 is 2.86 bits per heavy atom. The number of carbonyl (C=O) groups excluding carboxylic acids is 1. The van der Waals surface area contributed by atoms with Crippen LogP contribution in [0.3, 0.4) is 0 Å². The van der Waals surface area contributed by atoms with Crippen molar-refractivity contribution in [2.24, 2.45) is 5.73 Å². The van der Waals surface area contributed by atoms with Gasteiger partial charge in [0, 0.05) is 30.9 Å². The van der Waals surface area contributed by atoms with Crippen LogP contribution in [0.1, 0.15) is 26.3 Å². The van der Waals surface area contributed by atoms with Crippen molar-refractivity contribution in [3.05, 3.63) is 35.9 Å². The van der Waals surface area contributed by atoms with Crippen LogP contribution in [0.25, 0.3) is 5.57 Å². The molecule has 1 atom stereocenters. The lowest BCUT2D eigenvalue weighted by atomic mass is 10.00. The van der Waals surface area contributed by atoms with E-state index in [0.717, 1.165) is 6.20 Å². The summed E-state index contributed by atoms with van der Waals surface area (Å²) in [6, 6.07) is 1.22. The Balaban J connectivity index is 2.19. The molecule has 2 rings (SSSR count). The number of rotatable bonds is 1. The molecule has 0 saturated carbocycles. The average Bonchev–Trinajstić information content (AvgIpc) is 2.36. The molecule has 0 saturated heterocycles. The Morgan fingerprint density at radius 2 is 2.24 bits per heavy atom. The first kappa shape index (κ1) is 15.4. The van der Waals surface area contributed by atoms with E-state index < -0.39 is 17.5 Å². The lowest BCUT2D eigenvalue weighted by Gasteiger charge is -2.32. The molecule has 21 heavy (non-hydrogen) atoms. The molecule has 6 heteroatoms. The van der Waals surface area contributed by atoms with Gasteiger partial charge in [-0.25, -0.2) is 9.18 Å². The molecule has 1 aromatic rings. The number of nitrogens with zero attached hydrogens (tertiary/aromatic N) is 2. The molecular weight excluding hydrogens is 273 g/mol. The molecule has 1 aliphatic rings. The van der Waals surface area contributed by atoms with Gasteiger partial charge in [0.2, 0.25) is 0 Å².